The highest BCUT2D eigenvalue weighted by molar-refractivity contribution is 5.78. The fourth-order valence-electron chi connectivity index (χ4n) is 3.09. The second-order valence-corrected chi connectivity index (χ2v) is 6.36. The van der Waals surface area contributed by atoms with Crippen LogP contribution in [-0.4, -0.2) is 54.1 Å². The van der Waals surface area contributed by atoms with Crippen molar-refractivity contribution in [3.63, 3.8) is 0 Å². The van der Waals surface area contributed by atoms with Gasteiger partial charge in [-0.15, -0.1) is 0 Å². The van der Waals surface area contributed by atoms with Gasteiger partial charge in [-0.05, 0) is 25.0 Å². The highest BCUT2D eigenvalue weighted by Crippen LogP contribution is 2.22. The minimum absolute atomic E-state index is 0.00128. The molecule has 0 bridgehead atoms. The maximum absolute atomic E-state index is 13.5. The molecule has 1 amide bonds. The normalized spacial score (nSPS) is 14.9. The zero-order valence-corrected chi connectivity index (χ0v) is 14.8. The van der Waals surface area contributed by atoms with Crippen molar-refractivity contribution in [3.8, 4) is 5.75 Å². The lowest BCUT2D eigenvalue weighted by Crippen LogP contribution is -2.42. The number of aromatic nitrogens is 2. The number of hydrogen-bond donors (Lipinski definition) is 0. The largest absolute Gasteiger partial charge is 0.489 e. The Balaban J connectivity index is 1.43. The Morgan fingerprint density at radius 3 is 2.77 bits per heavy atom. The van der Waals surface area contributed by atoms with E-state index in [9.17, 15) is 9.18 Å². The van der Waals surface area contributed by atoms with Crippen molar-refractivity contribution in [3.05, 3.63) is 48.7 Å². The number of likely N-dealkylation sites (N-methyl/N-ethyl adjacent to an activating group) is 1. The lowest BCUT2D eigenvalue weighted by molar-refractivity contribution is -0.135. The molecule has 1 saturated heterocycles. The molecule has 2 heterocycles. The van der Waals surface area contributed by atoms with Gasteiger partial charge in [-0.2, -0.15) is 0 Å². The lowest BCUT2D eigenvalue weighted by Gasteiger charge is -2.33. The first-order valence-electron chi connectivity index (χ1n) is 8.78. The molecular weight excluding hydrogens is 335 g/mol. The Morgan fingerprint density at radius 2 is 2.08 bits per heavy atom. The van der Waals surface area contributed by atoms with Crippen LogP contribution in [0.2, 0.25) is 0 Å². The Hall–Kier alpha value is -2.70. The number of halogens is 1. The smallest absolute Gasteiger partial charge is 0.225 e. The van der Waals surface area contributed by atoms with Gasteiger partial charge < -0.3 is 14.5 Å². The van der Waals surface area contributed by atoms with Crippen LogP contribution in [0, 0.1) is 11.7 Å². The standard InChI is InChI=1S/C19H23FN4O2/c1-23(12-13-26-17-5-3-2-4-16(17)20)19(25)15-6-10-24(11-7-15)18-14-21-8-9-22-18/h2-5,8-9,14-15H,6-7,10-13H2,1H3. The van der Waals surface area contributed by atoms with E-state index in [4.69, 9.17) is 4.74 Å². The van der Waals surface area contributed by atoms with Crippen LogP contribution in [-0.2, 0) is 4.79 Å². The second-order valence-electron chi connectivity index (χ2n) is 6.36. The number of anilines is 1. The van der Waals surface area contributed by atoms with Crippen molar-refractivity contribution in [1.29, 1.82) is 0 Å². The monoisotopic (exact) mass is 358 g/mol. The molecule has 1 fully saturated rings. The molecule has 0 atom stereocenters. The third-order valence-electron chi connectivity index (χ3n) is 4.61. The molecule has 3 rings (SSSR count). The van der Waals surface area contributed by atoms with E-state index in [1.165, 1.54) is 6.07 Å². The highest BCUT2D eigenvalue weighted by Gasteiger charge is 2.27. The van der Waals surface area contributed by atoms with Crippen LogP contribution < -0.4 is 9.64 Å². The quantitative estimate of drug-likeness (QED) is 0.793. The Bertz CT molecular complexity index is 720. The van der Waals surface area contributed by atoms with E-state index in [-0.39, 0.29) is 24.2 Å². The number of para-hydroxylation sites is 1. The summed E-state index contributed by atoms with van der Waals surface area (Å²) in [7, 11) is 1.77. The van der Waals surface area contributed by atoms with Crippen molar-refractivity contribution in [1.82, 2.24) is 14.9 Å². The number of carbonyl (C=O) groups excluding carboxylic acids is 1. The number of nitrogens with zero attached hydrogens (tertiary/aromatic N) is 4. The Morgan fingerprint density at radius 1 is 1.31 bits per heavy atom. The number of benzene rings is 1. The third-order valence-corrected chi connectivity index (χ3v) is 4.61. The fourth-order valence-corrected chi connectivity index (χ4v) is 3.09. The van der Waals surface area contributed by atoms with Gasteiger partial charge in [0.15, 0.2) is 11.6 Å². The molecule has 0 aliphatic carbocycles. The summed E-state index contributed by atoms with van der Waals surface area (Å²) in [5.41, 5.74) is 0. The Labute approximate surface area is 152 Å². The summed E-state index contributed by atoms with van der Waals surface area (Å²) in [6.07, 6.45) is 6.64. The highest BCUT2D eigenvalue weighted by atomic mass is 19.1. The summed E-state index contributed by atoms with van der Waals surface area (Å²) in [5.74, 6) is 0.788. The van der Waals surface area contributed by atoms with Gasteiger partial charge in [0.1, 0.15) is 12.4 Å². The molecule has 0 saturated carbocycles. The molecule has 0 N–H and O–H groups in total. The van der Waals surface area contributed by atoms with Gasteiger partial charge in [0, 0.05) is 38.4 Å². The van der Waals surface area contributed by atoms with E-state index in [0.29, 0.717) is 6.54 Å². The van der Waals surface area contributed by atoms with Gasteiger partial charge >= 0.3 is 0 Å². The summed E-state index contributed by atoms with van der Waals surface area (Å²) in [6.45, 7) is 2.27. The summed E-state index contributed by atoms with van der Waals surface area (Å²) in [4.78, 5) is 24.8. The molecular formula is C19H23FN4O2. The predicted octanol–water partition coefficient (Wildman–Crippen LogP) is 2.37. The van der Waals surface area contributed by atoms with Gasteiger partial charge in [0.25, 0.3) is 0 Å². The van der Waals surface area contributed by atoms with Crippen LogP contribution in [0.5, 0.6) is 5.75 Å². The second kappa shape index (κ2) is 8.60. The van der Waals surface area contributed by atoms with Crippen LogP contribution in [0.15, 0.2) is 42.9 Å². The molecule has 2 aromatic rings. The van der Waals surface area contributed by atoms with Crippen molar-refractivity contribution < 1.29 is 13.9 Å². The van der Waals surface area contributed by atoms with Crippen LogP contribution in [0.25, 0.3) is 0 Å². The zero-order valence-electron chi connectivity index (χ0n) is 14.8. The zero-order chi connectivity index (χ0) is 18.4. The van der Waals surface area contributed by atoms with Crippen LogP contribution >= 0.6 is 0 Å². The molecule has 1 aromatic heterocycles. The molecule has 7 heteroatoms. The molecule has 138 valence electrons. The summed E-state index contributed by atoms with van der Waals surface area (Å²) >= 11 is 0. The molecule has 0 radical (unpaired) electrons. The number of ether oxygens (including phenoxy) is 1. The van der Waals surface area contributed by atoms with E-state index in [1.54, 1.807) is 48.7 Å². The van der Waals surface area contributed by atoms with Gasteiger partial charge in [0.05, 0.1) is 12.7 Å². The Kier molecular flexibility index (Phi) is 5.99. The van der Waals surface area contributed by atoms with Crippen LogP contribution in [0.3, 0.4) is 0 Å². The number of hydrogen-bond acceptors (Lipinski definition) is 5. The van der Waals surface area contributed by atoms with E-state index in [0.717, 1.165) is 31.7 Å². The topological polar surface area (TPSA) is 58.6 Å². The first kappa shape index (κ1) is 18.1. The molecule has 6 nitrogen and oxygen atoms in total. The van der Waals surface area contributed by atoms with E-state index >= 15 is 0 Å². The predicted molar refractivity (Wildman–Crippen MR) is 96.5 cm³/mol. The first-order valence-corrected chi connectivity index (χ1v) is 8.78. The van der Waals surface area contributed by atoms with E-state index in [2.05, 4.69) is 14.9 Å². The molecule has 1 aliphatic rings. The van der Waals surface area contributed by atoms with Crippen molar-refractivity contribution in [2.45, 2.75) is 12.8 Å². The molecule has 1 aliphatic heterocycles. The summed E-state index contributed by atoms with van der Waals surface area (Å²) in [5, 5.41) is 0. The summed E-state index contributed by atoms with van der Waals surface area (Å²) < 4.78 is 18.9. The van der Waals surface area contributed by atoms with Gasteiger partial charge in [-0.25, -0.2) is 9.37 Å². The average Bonchev–Trinajstić information content (AvgIpc) is 2.69. The maximum Gasteiger partial charge on any atom is 0.225 e. The van der Waals surface area contributed by atoms with Crippen LogP contribution in [0.4, 0.5) is 10.2 Å². The number of carbonyl (C=O) groups is 1. The average molecular weight is 358 g/mol. The van der Waals surface area contributed by atoms with Crippen LogP contribution in [0.1, 0.15) is 12.8 Å². The van der Waals surface area contributed by atoms with E-state index < -0.39 is 5.82 Å². The molecule has 0 unspecified atom stereocenters. The van der Waals surface area contributed by atoms with Crippen molar-refractivity contribution in [2.75, 3.05) is 38.2 Å². The molecule has 0 spiro atoms. The number of piperidine rings is 1. The minimum Gasteiger partial charge on any atom is -0.489 e. The molecule has 26 heavy (non-hydrogen) atoms. The van der Waals surface area contributed by atoms with Gasteiger partial charge in [-0.1, -0.05) is 12.1 Å². The van der Waals surface area contributed by atoms with Gasteiger partial charge in [-0.3, -0.25) is 9.78 Å². The number of rotatable bonds is 6. The van der Waals surface area contributed by atoms with E-state index in [1.807, 2.05) is 0 Å². The molecule has 1 aromatic carbocycles. The first-order chi connectivity index (χ1) is 12.6. The third kappa shape index (κ3) is 4.47. The van der Waals surface area contributed by atoms with Crippen molar-refractivity contribution in [2.24, 2.45) is 5.92 Å². The number of amides is 1. The summed E-state index contributed by atoms with van der Waals surface area (Å²) in [6, 6.07) is 6.28. The van der Waals surface area contributed by atoms with Crippen molar-refractivity contribution >= 4 is 11.7 Å². The lowest BCUT2D eigenvalue weighted by atomic mass is 9.95. The fraction of sp³-hybridized carbons (Fsp3) is 0.421. The minimum atomic E-state index is -0.391. The SMILES string of the molecule is CN(CCOc1ccccc1F)C(=O)C1CCN(c2cnccn2)CC1. The van der Waals surface area contributed by atoms with Gasteiger partial charge in [0.2, 0.25) is 5.91 Å². The maximum atomic E-state index is 13.5.